The van der Waals surface area contributed by atoms with Gasteiger partial charge in [0.25, 0.3) is 11.8 Å². The lowest BCUT2D eigenvalue weighted by molar-refractivity contribution is -0.122. The fraction of sp³-hybridized carbons (Fsp3) is 0.138. The predicted molar refractivity (Wildman–Crippen MR) is 143 cm³/mol. The zero-order valence-corrected chi connectivity index (χ0v) is 21.3. The van der Waals surface area contributed by atoms with Crippen LogP contribution in [0.2, 0.25) is 5.02 Å². The lowest BCUT2D eigenvalue weighted by Gasteiger charge is -2.26. The van der Waals surface area contributed by atoms with Gasteiger partial charge in [-0.2, -0.15) is 0 Å². The summed E-state index contributed by atoms with van der Waals surface area (Å²) in [4.78, 5) is 39.2. The van der Waals surface area contributed by atoms with Crippen LogP contribution in [-0.4, -0.2) is 24.5 Å². The Bertz CT molecular complexity index is 1440. The first-order chi connectivity index (χ1) is 18.3. The maximum absolute atomic E-state index is 14.1. The highest BCUT2D eigenvalue weighted by Gasteiger charge is 2.36. The van der Waals surface area contributed by atoms with Crippen molar-refractivity contribution in [1.29, 1.82) is 0 Å². The molecule has 194 valence electrons. The van der Waals surface area contributed by atoms with Crippen LogP contribution in [-0.2, 0) is 22.6 Å². The van der Waals surface area contributed by atoms with Crippen LogP contribution in [0.15, 0.2) is 78.9 Å². The van der Waals surface area contributed by atoms with E-state index in [2.05, 4.69) is 11.9 Å². The molecule has 1 N–H and O–H groups in total. The number of amides is 4. The van der Waals surface area contributed by atoms with E-state index in [1.54, 1.807) is 43.3 Å². The van der Waals surface area contributed by atoms with Gasteiger partial charge in [0.1, 0.15) is 18.0 Å². The number of barbiturate groups is 1. The number of urea groups is 1. The summed E-state index contributed by atoms with van der Waals surface area (Å²) in [5.74, 6) is -1.25. The molecule has 0 aliphatic carbocycles. The van der Waals surface area contributed by atoms with Crippen LogP contribution >= 0.6 is 11.6 Å². The van der Waals surface area contributed by atoms with Crippen molar-refractivity contribution in [3.8, 4) is 11.5 Å². The van der Waals surface area contributed by atoms with Gasteiger partial charge in [0.15, 0.2) is 11.5 Å². The molecule has 0 bridgehead atoms. The van der Waals surface area contributed by atoms with Crippen molar-refractivity contribution in [2.75, 3.05) is 11.5 Å². The summed E-state index contributed by atoms with van der Waals surface area (Å²) in [5, 5.41) is 2.63. The number of ether oxygens (including phenoxy) is 2. The lowest BCUT2D eigenvalue weighted by Crippen LogP contribution is -2.54. The smallest absolute Gasteiger partial charge is 0.335 e. The molecule has 3 aromatic rings. The van der Waals surface area contributed by atoms with Crippen molar-refractivity contribution < 1.29 is 28.2 Å². The maximum atomic E-state index is 14.1. The number of nitrogens with zero attached hydrogens (tertiary/aromatic N) is 1. The van der Waals surface area contributed by atoms with Crippen molar-refractivity contribution in [3.63, 3.8) is 0 Å². The van der Waals surface area contributed by atoms with Crippen LogP contribution in [0.25, 0.3) is 6.08 Å². The van der Waals surface area contributed by atoms with Gasteiger partial charge < -0.3 is 9.47 Å². The zero-order valence-electron chi connectivity index (χ0n) is 20.5. The van der Waals surface area contributed by atoms with Crippen LogP contribution in [0.3, 0.4) is 0 Å². The summed E-state index contributed by atoms with van der Waals surface area (Å²) in [6.07, 6.45) is 3.42. The number of allylic oxidation sites excluding steroid dienone is 1. The first kappa shape index (κ1) is 26.6. The number of hydrogen-bond acceptors (Lipinski definition) is 5. The second kappa shape index (κ2) is 11.7. The molecule has 38 heavy (non-hydrogen) atoms. The van der Waals surface area contributed by atoms with Crippen LogP contribution in [0, 0.1) is 5.82 Å². The van der Waals surface area contributed by atoms with E-state index in [-0.39, 0.29) is 17.9 Å². The molecule has 3 aromatic carbocycles. The highest BCUT2D eigenvalue weighted by atomic mass is 35.5. The molecule has 0 saturated carbocycles. The average Bonchev–Trinajstić information content (AvgIpc) is 2.88. The fourth-order valence-electron chi connectivity index (χ4n) is 3.91. The Morgan fingerprint density at radius 3 is 2.45 bits per heavy atom. The molecule has 1 aliphatic rings. The summed E-state index contributed by atoms with van der Waals surface area (Å²) in [7, 11) is 0. The third-order valence-electron chi connectivity index (χ3n) is 5.65. The van der Waals surface area contributed by atoms with E-state index in [0.29, 0.717) is 46.2 Å². The van der Waals surface area contributed by atoms with Crippen LogP contribution in [0.5, 0.6) is 11.5 Å². The third-order valence-corrected chi connectivity index (χ3v) is 5.90. The predicted octanol–water partition coefficient (Wildman–Crippen LogP) is 5.85. The quantitative estimate of drug-likeness (QED) is 0.211. The largest absolute Gasteiger partial charge is 0.490 e. The Morgan fingerprint density at radius 1 is 1.03 bits per heavy atom. The van der Waals surface area contributed by atoms with Gasteiger partial charge in [0.2, 0.25) is 0 Å². The van der Waals surface area contributed by atoms with Crippen LogP contribution in [0.1, 0.15) is 23.6 Å². The van der Waals surface area contributed by atoms with Crippen molar-refractivity contribution >= 4 is 41.2 Å². The zero-order chi connectivity index (χ0) is 27.2. The highest BCUT2D eigenvalue weighted by molar-refractivity contribution is 6.39. The first-order valence-electron chi connectivity index (χ1n) is 11.8. The Kier molecular flexibility index (Phi) is 8.23. The number of hydrogen-bond donors (Lipinski definition) is 1. The van der Waals surface area contributed by atoms with E-state index in [1.165, 1.54) is 36.4 Å². The molecule has 1 aliphatic heterocycles. The minimum absolute atomic E-state index is 0.0314. The van der Waals surface area contributed by atoms with E-state index in [9.17, 15) is 18.8 Å². The molecule has 0 spiro atoms. The number of carbonyl (C=O) groups excluding carboxylic acids is 3. The topological polar surface area (TPSA) is 84.9 Å². The molecule has 0 aromatic heterocycles. The number of carbonyl (C=O) groups is 3. The Labute approximate surface area is 224 Å². The van der Waals surface area contributed by atoms with Gasteiger partial charge in [-0.05, 0) is 67.4 Å². The number of benzene rings is 3. The molecule has 0 radical (unpaired) electrons. The highest BCUT2D eigenvalue weighted by Crippen LogP contribution is 2.36. The monoisotopic (exact) mass is 534 g/mol. The average molecular weight is 535 g/mol. The summed E-state index contributed by atoms with van der Waals surface area (Å²) in [6, 6.07) is 14.8. The minimum atomic E-state index is -0.862. The fourth-order valence-corrected chi connectivity index (χ4v) is 4.04. The third kappa shape index (κ3) is 5.76. The Morgan fingerprint density at radius 2 is 1.76 bits per heavy atom. The summed E-state index contributed by atoms with van der Waals surface area (Å²) < 4.78 is 25.9. The minimum Gasteiger partial charge on any atom is -0.490 e. The van der Waals surface area contributed by atoms with E-state index in [0.717, 1.165) is 4.90 Å². The summed E-state index contributed by atoms with van der Waals surface area (Å²) >= 11 is 5.92. The number of imide groups is 2. The standard InChI is InChI=1S/C29H24ClFN2O5/c1-3-7-19-14-18(16-25(37-4-2)26(19)38-17-20-8-5-6-9-24(20)31)15-23-27(34)32-29(36)33(28(23)35)22-12-10-21(30)11-13-22/h3,5-6,8-16H,1,4,7,17H2,2H3,(H,32,34,36)/b23-15+. The van der Waals surface area contributed by atoms with Crippen molar-refractivity contribution in [1.82, 2.24) is 5.32 Å². The van der Waals surface area contributed by atoms with Gasteiger partial charge in [-0.15, -0.1) is 6.58 Å². The van der Waals surface area contributed by atoms with Crippen molar-refractivity contribution in [2.24, 2.45) is 0 Å². The van der Waals surface area contributed by atoms with Crippen molar-refractivity contribution in [2.45, 2.75) is 20.0 Å². The van der Waals surface area contributed by atoms with E-state index < -0.39 is 23.7 Å². The molecule has 4 rings (SSSR count). The van der Waals surface area contributed by atoms with Gasteiger partial charge in [-0.1, -0.05) is 35.9 Å². The molecule has 0 atom stereocenters. The van der Waals surface area contributed by atoms with E-state index >= 15 is 0 Å². The van der Waals surface area contributed by atoms with E-state index in [4.69, 9.17) is 21.1 Å². The molecule has 1 heterocycles. The lowest BCUT2D eigenvalue weighted by atomic mass is 10.0. The van der Waals surface area contributed by atoms with Crippen LogP contribution < -0.4 is 19.7 Å². The van der Waals surface area contributed by atoms with Crippen LogP contribution in [0.4, 0.5) is 14.9 Å². The van der Waals surface area contributed by atoms with Gasteiger partial charge in [-0.25, -0.2) is 14.1 Å². The second-order valence-electron chi connectivity index (χ2n) is 8.25. The number of anilines is 1. The Hall–Kier alpha value is -4.43. The molecule has 1 saturated heterocycles. The molecule has 1 fully saturated rings. The number of nitrogens with one attached hydrogen (secondary N) is 1. The number of halogens is 2. The molecule has 9 heteroatoms. The first-order valence-corrected chi connectivity index (χ1v) is 12.1. The molecule has 7 nitrogen and oxygen atoms in total. The summed E-state index contributed by atoms with van der Waals surface area (Å²) in [5.41, 5.74) is 1.51. The molecular weight excluding hydrogens is 511 g/mol. The SMILES string of the molecule is C=CCc1cc(/C=C2\C(=O)NC(=O)N(c3ccc(Cl)cc3)C2=O)cc(OCC)c1OCc1ccccc1F. The normalized spacial score (nSPS) is 14.4. The molecule has 4 amide bonds. The van der Waals surface area contributed by atoms with Gasteiger partial charge in [-0.3, -0.25) is 14.9 Å². The molecule has 0 unspecified atom stereocenters. The van der Waals surface area contributed by atoms with Gasteiger partial charge in [0, 0.05) is 16.1 Å². The maximum Gasteiger partial charge on any atom is 0.335 e. The summed E-state index contributed by atoms with van der Waals surface area (Å²) in [6.45, 7) is 5.86. The van der Waals surface area contributed by atoms with Gasteiger partial charge in [0.05, 0.1) is 12.3 Å². The second-order valence-corrected chi connectivity index (χ2v) is 8.68. The molecular formula is C29H24ClFN2O5. The number of rotatable bonds is 9. The van der Waals surface area contributed by atoms with Gasteiger partial charge >= 0.3 is 6.03 Å². The Balaban J connectivity index is 1.72. The van der Waals surface area contributed by atoms with Crippen molar-refractivity contribution in [3.05, 3.63) is 106 Å². The van der Waals surface area contributed by atoms with E-state index in [1.807, 2.05) is 0 Å².